The van der Waals surface area contributed by atoms with Crippen LogP contribution in [0.1, 0.15) is 26.5 Å². The van der Waals surface area contributed by atoms with Crippen molar-refractivity contribution in [3.8, 4) is 11.6 Å². The van der Waals surface area contributed by atoms with Crippen molar-refractivity contribution in [1.29, 1.82) is 0 Å². The standard InChI is InChI=1S/C29H38Cl2N8O4SSi/c1-19-11-33-25(13-32-19)38(44(5,40)41)17-20(14-37-15-21(16-37)43-45(6,7)29(2,3)4)42-28-22-12-36-39(27(22)34-18-35-28)26-23(30)9-8-10-24(26)31/h8-13,18,20-21H,14-17H2,1-7H3/t20-/m1/s1. The molecule has 242 valence electrons. The van der Waals surface area contributed by atoms with Gasteiger partial charge >= 0.3 is 0 Å². The molecule has 1 saturated heterocycles. The van der Waals surface area contributed by atoms with E-state index in [1.807, 2.05) is 0 Å². The molecule has 0 amide bonds. The lowest BCUT2D eigenvalue weighted by Gasteiger charge is -2.47. The summed E-state index contributed by atoms with van der Waals surface area (Å²) in [5, 5.41) is 5.90. The van der Waals surface area contributed by atoms with Gasteiger partial charge in [-0.25, -0.2) is 32.4 Å². The minimum Gasteiger partial charge on any atom is -0.470 e. The molecule has 3 aromatic heterocycles. The molecule has 1 atom stereocenters. The van der Waals surface area contributed by atoms with Gasteiger partial charge in [-0.1, -0.05) is 50.0 Å². The van der Waals surface area contributed by atoms with Crippen LogP contribution in [0, 0.1) is 6.92 Å². The van der Waals surface area contributed by atoms with Gasteiger partial charge in [0.25, 0.3) is 0 Å². The molecule has 5 rings (SSSR count). The van der Waals surface area contributed by atoms with Crippen LogP contribution < -0.4 is 9.04 Å². The van der Waals surface area contributed by atoms with Gasteiger partial charge in [0, 0.05) is 19.6 Å². The lowest BCUT2D eigenvalue weighted by molar-refractivity contribution is -0.00903. The maximum Gasteiger partial charge on any atom is 0.233 e. The molecule has 16 heteroatoms. The highest BCUT2D eigenvalue weighted by Gasteiger charge is 2.42. The first-order valence-electron chi connectivity index (χ1n) is 14.5. The Morgan fingerprint density at radius 3 is 2.36 bits per heavy atom. The number of hydrogen-bond donors (Lipinski definition) is 0. The van der Waals surface area contributed by atoms with Gasteiger partial charge in [-0.3, -0.25) is 9.88 Å². The maximum atomic E-state index is 13.0. The summed E-state index contributed by atoms with van der Waals surface area (Å²) < 4.78 is 41.9. The van der Waals surface area contributed by atoms with E-state index in [1.54, 1.807) is 31.3 Å². The molecule has 0 aliphatic carbocycles. The van der Waals surface area contributed by atoms with Crippen LogP contribution in [0.15, 0.2) is 43.1 Å². The molecule has 0 spiro atoms. The van der Waals surface area contributed by atoms with E-state index in [2.05, 4.69) is 63.8 Å². The summed E-state index contributed by atoms with van der Waals surface area (Å²) >= 11 is 12.9. The fraction of sp³-hybridized carbons (Fsp3) is 0.483. The molecule has 1 fully saturated rings. The highest BCUT2D eigenvalue weighted by Crippen LogP contribution is 2.38. The predicted octanol–water partition coefficient (Wildman–Crippen LogP) is 5.14. The van der Waals surface area contributed by atoms with Crippen LogP contribution in [0.3, 0.4) is 0 Å². The third-order valence-corrected chi connectivity index (χ3v) is 14.5. The first-order chi connectivity index (χ1) is 21.0. The highest BCUT2D eigenvalue weighted by molar-refractivity contribution is 7.92. The first-order valence-corrected chi connectivity index (χ1v) is 20.0. The number of fused-ring (bicyclic) bond motifs is 1. The summed E-state index contributed by atoms with van der Waals surface area (Å²) in [6, 6.07) is 5.18. The number of halogens is 2. The molecular formula is C29H38Cl2N8O4SSi. The summed E-state index contributed by atoms with van der Waals surface area (Å²) in [6.45, 7) is 14.7. The van der Waals surface area contributed by atoms with E-state index >= 15 is 0 Å². The summed E-state index contributed by atoms with van der Waals surface area (Å²) in [4.78, 5) is 19.6. The number of aromatic nitrogens is 6. The second-order valence-electron chi connectivity index (χ2n) is 12.8. The Morgan fingerprint density at radius 2 is 1.76 bits per heavy atom. The number of nitrogens with zero attached hydrogens (tertiary/aromatic N) is 8. The fourth-order valence-electron chi connectivity index (χ4n) is 4.79. The van der Waals surface area contributed by atoms with Crippen molar-refractivity contribution in [2.45, 2.75) is 58.0 Å². The molecule has 0 radical (unpaired) electrons. The average Bonchev–Trinajstić information content (AvgIpc) is 3.34. The van der Waals surface area contributed by atoms with Crippen molar-refractivity contribution in [3.05, 3.63) is 58.9 Å². The second kappa shape index (κ2) is 12.7. The molecule has 45 heavy (non-hydrogen) atoms. The zero-order valence-corrected chi connectivity index (χ0v) is 29.7. The average molecular weight is 694 g/mol. The van der Waals surface area contributed by atoms with E-state index in [1.165, 1.54) is 27.7 Å². The Morgan fingerprint density at radius 1 is 1.07 bits per heavy atom. The number of sulfonamides is 1. The molecule has 0 unspecified atom stereocenters. The Bertz CT molecular complexity index is 1760. The quantitative estimate of drug-likeness (QED) is 0.195. The van der Waals surface area contributed by atoms with Crippen molar-refractivity contribution >= 4 is 58.4 Å². The number of rotatable bonds is 11. The number of hydrogen-bond acceptors (Lipinski definition) is 10. The number of aryl methyl sites for hydroxylation is 1. The van der Waals surface area contributed by atoms with E-state index in [9.17, 15) is 8.42 Å². The molecule has 0 saturated carbocycles. The number of benzene rings is 1. The maximum absolute atomic E-state index is 13.0. The minimum absolute atomic E-state index is 0.0309. The van der Waals surface area contributed by atoms with Gasteiger partial charge in [0.1, 0.15) is 23.5 Å². The van der Waals surface area contributed by atoms with Crippen LogP contribution in [-0.2, 0) is 14.4 Å². The van der Waals surface area contributed by atoms with E-state index in [0.29, 0.717) is 52.1 Å². The Kier molecular flexibility index (Phi) is 9.47. The van der Waals surface area contributed by atoms with E-state index in [0.717, 1.165) is 6.26 Å². The third-order valence-electron chi connectivity index (χ3n) is 8.20. The van der Waals surface area contributed by atoms with E-state index in [4.69, 9.17) is 32.4 Å². The molecule has 1 aliphatic rings. The van der Waals surface area contributed by atoms with Gasteiger partial charge in [0.2, 0.25) is 15.9 Å². The Balaban J connectivity index is 1.44. The van der Waals surface area contributed by atoms with Crippen LogP contribution >= 0.6 is 23.2 Å². The van der Waals surface area contributed by atoms with Crippen molar-refractivity contribution in [1.82, 2.24) is 34.6 Å². The molecule has 0 bridgehead atoms. The van der Waals surface area contributed by atoms with Gasteiger partial charge in [-0.2, -0.15) is 5.10 Å². The van der Waals surface area contributed by atoms with Crippen molar-refractivity contribution < 1.29 is 17.6 Å². The van der Waals surface area contributed by atoms with Gasteiger partial charge in [-0.15, -0.1) is 0 Å². The van der Waals surface area contributed by atoms with Gasteiger partial charge in [0.05, 0.1) is 53.2 Å². The topological polar surface area (TPSA) is 128 Å². The Labute approximate surface area is 274 Å². The monoisotopic (exact) mass is 692 g/mol. The summed E-state index contributed by atoms with van der Waals surface area (Å²) in [6.07, 6.45) is 6.51. The smallest absolute Gasteiger partial charge is 0.233 e. The highest BCUT2D eigenvalue weighted by atomic mass is 35.5. The molecule has 1 aliphatic heterocycles. The van der Waals surface area contributed by atoms with Crippen molar-refractivity contribution in [2.75, 3.05) is 36.7 Å². The summed E-state index contributed by atoms with van der Waals surface area (Å²) in [7, 11) is -5.68. The number of likely N-dealkylation sites (tertiary alicyclic amines) is 1. The molecule has 0 N–H and O–H groups in total. The van der Waals surface area contributed by atoms with Crippen LogP contribution in [0.25, 0.3) is 16.7 Å². The molecular weight excluding hydrogens is 655 g/mol. The number of anilines is 1. The van der Waals surface area contributed by atoms with Crippen LogP contribution in [0.2, 0.25) is 28.2 Å². The first kappa shape index (κ1) is 33.5. The Hall–Kier alpha value is -2.88. The van der Waals surface area contributed by atoms with Gasteiger partial charge in [0.15, 0.2) is 19.8 Å². The molecule has 12 nitrogen and oxygen atoms in total. The summed E-state index contributed by atoms with van der Waals surface area (Å²) in [5.74, 6) is 0.450. The fourth-order valence-corrected chi connectivity index (χ4v) is 7.55. The normalized spacial score (nSPS) is 15.7. The lowest BCUT2D eigenvalue weighted by atomic mass is 10.1. The van der Waals surface area contributed by atoms with Gasteiger partial charge in [-0.05, 0) is 37.2 Å². The van der Waals surface area contributed by atoms with Crippen LogP contribution in [0.5, 0.6) is 5.88 Å². The third kappa shape index (κ3) is 7.41. The lowest BCUT2D eigenvalue weighted by Crippen LogP contribution is -2.60. The van der Waals surface area contributed by atoms with Crippen molar-refractivity contribution in [3.63, 3.8) is 0 Å². The van der Waals surface area contributed by atoms with Crippen molar-refractivity contribution in [2.24, 2.45) is 0 Å². The second-order valence-corrected chi connectivity index (χ2v) is 20.3. The zero-order valence-electron chi connectivity index (χ0n) is 26.4. The number of para-hydroxylation sites is 1. The minimum atomic E-state index is -3.74. The molecule has 1 aromatic carbocycles. The number of ether oxygens (including phenoxy) is 1. The molecule has 4 aromatic rings. The van der Waals surface area contributed by atoms with Crippen LogP contribution in [0.4, 0.5) is 5.82 Å². The van der Waals surface area contributed by atoms with Crippen LogP contribution in [-0.4, -0.2) is 96.0 Å². The van der Waals surface area contributed by atoms with E-state index in [-0.39, 0.29) is 29.4 Å². The zero-order chi connectivity index (χ0) is 32.7. The SMILES string of the molecule is Cc1cnc(N(C[C@@H](CN2CC(O[Si](C)(C)C(C)(C)C)C2)Oc2ncnc3c2cnn3-c2c(Cl)cccc2Cl)S(C)(=O)=O)cn1. The van der Waals surface area contributed by atoms with Gasteiger partial charge < -0.3 is 9.16 Å². The predicted molar refractivity (Wildman–Crippen MR) is 179 cm³/mol. The largest absolute Gasteiger partial charge is 0.470 e. The van der Waals surface area contributed by atoms with E-state index < -0.39 is 24.4 Å². The summed E-state index contributed by atoms with van der Waals surface area (Å²) in [5.41, 5.74) is 1.59. The molecule has 4 heterocycles.